The van der Waals surface area contributed by atoms with E-state index in [1.807, 2.05) is 42.5 Å². The van der Waals surface area contributed by atoms with Crippen molar-refractivity contribution in [2.75, 3.05) is 13.2 Å². The maximum absolute atomic E-state index is 11.3. The first-order chi connectivity index (χ1) is 10.3. The Bertz CT molecular complexity index is 669. The molecule has 106 valence electrons. The number of rotatable bonds is 3. The Morgan fingerprint density at radius 3 is 2.19 bits per heavy atom. The molecular weight excluding hydrogens is 264 g/mol. The van der Waals surface area contributed by atoms with Crippen LogP contribution in [-0.2, 0) is 9.53 Å². The predicted molar refractivity (Wildman–Crippen MR) is 81.9 cm³/mol. The van der Waals surface area contributed by atoms with Crippen LogP contribution in [0.5, 0.6) is 0 Å². The van der Waals surface area contributed by atoms with Gasteiger partial charge in [0.05, 0.1) is 18.8 Å². The van der Waals surface area contributed by atoms with Crippen LogP contribution in [0, 0.1) is 0 Å². The van der Waals surface area contributed by atoms with Crippen LogP contribution in [0.4, 0.5) is 0 Å². The van der Waals surface area contributed by atoms with Crippen molar-refractivity contribution >= 4 is 11.5 Å². The van der Waals surface area contributed by atoms with E-state index in [1.165, 1.54) is 0 Å². The topological polar surface area (TPSA) is 46.5 Å². The lowest BCUT2D eigenvalue weighted by Crippen LogP contribution is -2.17. The molecule has 1 N–H and O–H groups in total. The minimum Gasteiger partial charge on any atom is -0.478 e. The summed E-state index contributed by atoms with van der Waals surface area (Å²) in [7, 11) is 0. The molecule has 1 aliphatic heterocycles. The molecule has 0 bridgehead atoms. The standard InChI is InChI=1S/C18H16O3/c19-18(20)17-12-21-11-10-16(17)15-8-6-14(7-9-15)13-4-2-1-3-5-13/h1-9H,10-12H2,(H,19,20). The summed E-state index contributed by atoms with van der Waals surface area (Å²) in [6.07, 6.45) is 0.645. The quantitative estimate of drug-likeness (QED) is 0.934. The second-order valence-corrected chi connectivity index (χ2v) is 5.01. The van der Waals surface area contributed by atoms with Gasteiger partial charge in [-0.2, -0.15) is 0 Å². The lowest BCUT2D eigenvalue weighted by Gasteiger charge is -2.18. The third-order valence-electron chi connectivity index (χ3n) is 3.71. The van der Waals surface area contributed by atoms with Crippen LogP contribution in [0.15, 0.2) is 60.2 Å². The number of hydrogen-bond acceptors (Lipinski definition) is 2. The first-order valence-electron chi connectivity index (χ1n) is 6.94. The maximum Gasteiger partial charge on any atom is 0.334 e. The third-order valence-corrected chi connectivity index (χ3v) is 3.71. The molecule has 3 nitrogen and oxygen atoms in total. The number of aliphatic carboxylic acids is 1. The van der Waals surface area contributed by atoms with Gasteiger partial charge in [-0.25, -0.2) is 4.79 Å². The zero-order chi connectivity index (χ0) is 14.7. The Kier molecular flexibility index (Phi) is 3.84. The number of carbonyl (C=O) groups is 1. The van der Waals surface area contributed by atoms with Crippen molar-refractivity contribution in [1.29, 1.82) is 0 Å². The molecule has 0 saturated carbocycles. The summed E-state index contributed by atoms with van der Waals surface area (Å²) in [5.74, 6) is -0.892. The highest BCUT2D eigenvalue weighted by atomic mass is 16.5. The highest BCUT2D eigenvalue weighted by molar-refractivity contribution is 5.97. The molecule has 0 spiro atoms. The second-order valence-electron chi connectivity index (χ2n) is 5.01. The normalized spacial score (nSPS) is 15.0. The molecule has 1 heterocycles. The number of carboxylic acids is 1. The fraction of sp³-hybridized carbons (Fsp3) is 0.167. The van der Waals surface area contributed by atoms with Gasteiger partial charge in [0, 0.05) is 0 Å². The van der Waals surface area contributed by atoms with Gasteiger partial charge < -0.3 is 9.84 Å². The van der Waals surface area contributed by atoms with Gasteiger partial charge in [-0.3, -0.25) is 0 Å². The van der Waals surface area contributed by atoms with Crippen molar-refractivity contribution in [3.05, 3.63) is 65.7 Å². The molecule has 21 heavy (non-hydrogen) atoms. The van der Waals surface area contributed by atoms with Crippen molar-refractivity contribution in [3.8, 4) is 11.1 Å². The summed E-state index contributed by atoms with van der Waals surface area (Å²) >= 11 is 0. The number of benzene rings is 2. The van der Waals surface area contributed by atoms with Gasteiger partial charge in [-0.15, -0.1) is 0 Å². The molecule has 0 radical (unpaired) electrons. The molecule has 0 saturated heterocycles. The van der Waals surface area contributed by atoms with Gasteiger partial charge in [-0.05, 0) is 28.7 Å². The zero-order valence-electron chi connectivity index (χ0n) is 11.6. The van der Waals surface area contributed by atoms with Crippen LogP contribution in [0.25, 0.3) is 16.7 Å². The van der Waals surface area contributed by atoms with Crippen molar-refractivity contribution in [2.24, 2.45) is 0 Å². The molecule has 0 fully saturated rings. The van der Waals surface area contributed by atoms with Gasteiger partial charge in [0.2, 0.25) is 0 Å². The molecule has 3 heteroatoms. The fourth-order valence-electron chi connectivity index (χ4n) is 2.59. The zero-order valence-corrected chi connectivity index (χ0v) is 11.6. The Morgan fingerprint density at radius 1 is 0.905 bits per heavy atom. The van der Waals surface area contributed by atoms with Gasteiger partial charge in [0.1, 0.15) is 0 Å². The van der Waals surface area contributed by atoms with Crippen LogP contribution >= 0.6 is 0 Å². The van der Waals surface area contributed by atoms with Crippen molar-refractivity contribution < 1.29 is 14.6 Å². The molecule has 1 aliphatic rings. The summed E-state index contributed by atoms with van der Waals surface area (Å²) < 4.78 is 5.25. The average Bonchev–Trinajstić information content (AvgIpc) is 2.56. The molecule has 0 unspecified atom stereocenters. The maximum atomic E-state index is 11.3. The average molecular weight is 280 g/mol. The van der Waals surface area contributed by atoms with E-state index < -0.39 is 5.97 Å². The van der Waals surface area contributed by atoms with Crippen LogP contribution in [0.2, 0.25) is 0 Å². The minimum absolute atomic E-state index is 0.186. The SMILES string of the molecule is O=C(O)C1=C(c2ccc(-c3ccccc3)cc2)CCOC1. The third kappa shape index (κ3) is 2.88. The Balaban J connectivity index is 1.95. The summed E-state index contributed by atoms with van der Waals surface area (Å²) in [6, 6.07) is 18.2. The highest BCUT2D eigenvalue weighted by Crippen LogP contribution is 2.28. The summed E-state index contributed by atoms with van der Waals surface area (Å²) in [5, 5.41) is 9.26. The van der Waals surface area contributed by atoms with E-state index >= 15 is 0 Å². The van der Waals surface area contributed by atoms with Crippen molar-refractivity contribution in [2.45, 2.75) is 6.42 Å². The number of ether oxygens (including phenoxy) is 1. The molecule has 0 aromatic heterocycles. The van der Waals surface area contributed by atoms with E-state index in [4.69, 9.17) is 4.74 Å². The van der Waals surface area contributed by atoms with E-state index in [-0.39, 0.29) is 6.61 Å². The van der Waals surface area contributed by atoms with E-state index in [9.17, 15) is 9.90 Å². The molecule has 2 aromatic carbocycles. The smallest absolute Gasteiger partial charge is 0.334 e. The van der Waals surface area contributed by atoms with Crippen LogP contribution in [-0.4, -0.2) is 24.3 Å². The van der Waals surface area contributed by atoms with Crippen LogP contribution in [0.1, 0.15) is 12.0 Å². The van der Waals surface area contributed by atoms with Gasteiger partial charge in [-0.1, -0.05) is 54.6 Å². The molecule has 0 atom stereocenters. The first-order valence-corrected chi connectivity index (χ1v) is 6.94. The van der Waals surface area contributed by atoms with Crippen LogP contribution in [0.3, 0.4) is 0 Å². The monoisotopic (exact) mass is 280 g/mol. The molecule has 0 aliphatic carbocycles. The van der Waals surface area contributed by atoms with E-state index in [0.29, 0.717) is 18.6 Å². The number of hydrogen-bond donors (Lipinski definition) is 1. The Morgan fingerprint density at radius 2 is 1.52 bits per heavy atom. The second kappa shape index (κ2) is 5.94. The summed E-state index contributed by atoms with van der Waals surface area (Å²) in [6.45, 7) is 0.762. The minimum atomic E-state index is -0.892. The van der Waals surface area contributed by atoms with Gasteiger partial charge >= 0.3 is 5.97 Å². The van der Waals surface area contributed by atoms with E-state index in [0.717, 1.165) is 22.3 Å². The molecular formula is C18H16O3. The Labute approximate surface area is 123 Å². The first kappa shape index (κ1) is 13.6. The van der Waals surface area contributed by atoms with E-state index in [2.05, 4.69) is 12.1 Å². The largest absolute Gasteiger partial charge is 0.478 e. The number of carboxylic acid groups (broad SMARTS) is 1. The fourth-order valence-corrected chi connectivity index (χ4v) is 2.59. The molecule has 3 rings (SSSR count). The molecule has 0 amide bonds. The van der Waals surface area contributed by atoms with Crippen molar-refractivity contribution in [3.63, 3.8) is 0 Å². The van der Waals surface area contributed by atoms with Gasteiger partial charge in [0.25, 0.3) is 0 Å². The molecule has 2 aromatic rings. The van der Waals surface area contributed by atoms with E-state index in [1.54, 1.807) is 0 Å². The lowest BCUT2D eigenvalue weighted by atomic mass is 9.94. The highest BCUT2D eigenvalue weighted by Gasteiger charge is 2.20. The predicted octanol–water partition coefficient (Wildman–Crippen LogP) is 3.61. The Hall–Kier alpha value is -2.39. The van der Waals surface area contributed by atoms with Crippen molar-refractivity contribution in [1.82, 2.24) is 0 Å². The summed E-state index contributed by atoms with van der Waals surface area (Å²) in [5.41, 5.74) is 4.50. The van der Waals surface area contributed by atoms with Gasteiger partial charge in [0.15, 0.2) is 0 Å². The lowest BCUT2D eigenvalue weighted by molar-refractivity contribution is -0.133. The van der Waals surface area contributed by atoms with Crippen LogP contribution < -0.4 is 0 Å². The summed E-state index contributed by atoms with van der Waals surface area (Å²) in [4.78, 5) is 11.3.